The molecule has 2 nitrogen and oxygen atoms in total. The van der Waals surface area contributed by atoms with Crippen LogP contribution in [0.2, 0.25) is 0 Å². The van der Waals surface area contributed by atoms with Crippen LogP contribution in [-0.2, 0) is 12.2 Å². The summed E-state index contributed by atoms with van der Waals surface area (Å²) in [4.78, 5) is 0. The van der Waals surface area contributed by atoms with E-state index in [-0.39, 0.29) is 5.92 Å². The van der Waals surface area contributed by atoms with Gasteiger partial charge in [-0.15, -0.1) is 0 Å². The lowest BCUT2D eigenvalue weighted by Gasteiger charge is -2.34. The number of piperidine rings is 1. The number of nitrogens with one attached hydrogen (secondary N) is 1. The van der Waals surface area contributed by atoms with E-state index in [9.17, 15) is 4.39 Å². The Morgan fingerprint density at radius 3 is 2.65 bits per heavy atom. The van der Waals surface area contributed by atoms with E-state index >= 15 is 0 Å². The second-order valence-corrected chi connectivity index (χ2v) is 5.02. The van der Waals surface area contributed by atoms with E-state index in [1.807, 2.05) is 24.3 Å². The molecule has 17 heavy (non-hydrogen) atoms. The van der Waals surface area contributed by atoms with Crippen molar-refractivity contribution in [3.63, 3.8) is 0 Å². The lowest BCUT2D eigenvalue weighted by atomic mass is 9.80. The molecule has 1 aromatic rings. The third-order valence-corrected chi connectivity index (χ3v) is 3.82. The van der Waals surface area contributed by atoms with Gasteiger partial charge in [0.25, 0.3) is 0 Å². The number of halogens is 1. The van der Waals surface area contributed by atoms with Gasteiger partial charge < -0.3 is 11.1 Å². The summed E-state index contributed by atoms with van der Waals surface area (Å²) in [7, 11) is 0. The minimum atomic E-state index is -1.25. The number of hydrogen-bond donors (Lipinski definition) is 2. The van der Waals surface area contributed by atoms with Crippen molar-refractivity contribution in [2.24, 2.45) is 11.7 Å². The normalized spacial score (nSPS) is 24.3. The minimum Gasteiger partial charge on any atom is -0.326 e. The van der Waals surface area contributed by atoms with Gasteiger partial charge in [0.15, 0.2) is 0 Å². The van der Waals surface area contributed by atoms with E-state index in [1.54, 1.807) is 6.92 Å². The highest BCUT2D eigenvalue weighted by Gasteiger charge is 2.36. The van der Waals surface area contributed by atoms with Crippen LogP contribution in [0.5, 0.6) is 0 Å². The summed E-state index contributed by atoms with van der Waals surface area (Å²) in [6, 6.07) is 7.58. The van der Waals surface area contributed by atoms with Crippen molar-refractivity contribution in [2.75, 3.05) is 13.1 Å². The molecule has 1 aliphatic heterocycles. The second kappa shape index (κ2) is 5.15. The topological polar surface area (TPSA) is 38.0 Å². The summed E-state index contributed by atoms with van der Waals surface area (Å²) >= 11 is 0. The molecule has 0 radical (unpaired) electrons. The third-order valence-electron chi connectivity index (χ3n) is 3.82. The average molecular weight is 236 g/mol. The van der Waals surface area contributed by atoms with E-state index < -0.39 is 5.67 Å². The largest absolute Gasteiger partial charge is 0.326 e. The van der Waals surface area contributed by atoms with Crippen LogP contribution in [0.4, 0.5) is 4.39 Å². The number of nitrogens with two attached hydrogens (primary N) is 1. The summed E-state index contributed by atoms with van der Waals surface area (Å²) in [5.41, 5.74) is 6.11. The smallest absolute Gasteiger partial charge is 0.137 e. The molecule has 1 heterocycles. The van der Waals surface area contributed by atoms with Crippen LogP contribution in [0.3, 0.4) is 0 Å². The molecule has 1 fully saturated rings. The fourth-order valence-electron chi connectivity index (χ4n) is 2.52. The van der Waals surface area contributed by atoms with Crippen molar-refractivity contribution in [2.45, 2.75) is 32.0 Å². The molecule has 0 bridgehead atoms. The van der Waals surface area contributed by atoms with Gasteiger partial charge in [-0.25, -0.2) is 4.39 Å². The molecular weight excluding hydrogens is 215 g/mol. The highest BCUT2D eigenvalue weighted by atomic mass is 19.1. The zero-order valence-electron chi connectivity index (χ0n) is 10.4. The average Bonchev–Trinajstić information content (AvgIpc) is 2.40. The maximum absolute atomic E-state index is 14.9. The molecule has 2 rings (SSSR count). The quantitative estimate of drug-likeness (QED) is 0.845. The van der Waals surface area contributed by atoms with Crippen LogP contribution in [0, 0.1) is 5.92 Å². The van der Waals surface area contributed by atoms with Gasteiger partial charge in [-0.05, 0) is 37.4 Å². The Morgan fingerprint density at radius 1 is 1.41 bits per heavy atom. The van der Waals surface area contributed by atoms with Gasteiger partial charge in [0.1, 0.15) is 5.67 Å². The molecule has 0 amide bonds. The Morgan fingerprint density at radius 2 is 2.12 bits per heavy atom. The molecule has 0 aromatic heterocycles. The van der Waals surface area contributed by atoms with Gasteiger partial charge in [-0.2, -0.15) is 0 Å². The van der Waals surface area contributed by atoms with Gasteiger partial charge in [-0.1, -0.05) is 24.3 Å². The zero-order chi connectivity index (χ0) is 12.3. The Bertz CT molecular complexity index is 353. The van der Waals surface area contributed by atoms with Crippen molar-refractivity contribution in [1.29, 1.82) is 0 Å². The maximum Gasteiger partial charge on any atom is 0.137 e. The SMILES string of the molecule is CC(F)(c1ccc(CN)cc1)C1CCCNC1. The minimum absolute atomic E-state index is 0.0694. The fraction of sp³-hybridized carbons (Fsp3) is 0.571. The van der Waals surface area contributed by atoms with Gasteiger partial charge in [0.05, 0.1) is 0 Å². The predicted molar refractivity (Wildman–Crippen MR) is 68.4 cm³/mol. The maximum atomic E-state index is 14.9. The Balaban J connectivity index is 2.17. The molecule has 1 saturated heterocycles. The summed E-state index contributed by atoms with van der Waals surface area (Å²) in [6.45, 7) is 3.99. The van der Waals surface area contributed by atoms with E-state index in [2.05, 4.69) is 5.32 Å². The van der Waals surface area contributed by atoms with E-state index in [0.717, 1.165) is 37.1 Å². The highest BCUT2D eigenvalue weighted by molar-refractivity contribution is 5.27. The molecule has 0 aliphatic carbocycles. The van der Waals surface area contributed by atoms with E-state index in [4.69, 9.17) is 5.73 Å². The number of alkyl halides is 1. The Labute approximate surface area is 102 Å². The molecule has 2 unspecified atom stereocenters. The van der Waals surface area contributed by atoms with Crippen LogP contribution < -0.4 is 11.1 Å². The molecule has 1 aromatic carbocycles. The Hall–Kier alpha value is -0.930. The molecule has 94 valence electrons. The second-order valence-electron chi connectivity index (χ2n) is 5.02. The van der Waals surface area contributed by atoms with Gasteiger partial charge in [-0.3, -0.25) is 0 Å². The van der Waals surface area contributed by atoms with E-state index in [0.29, 0.717) is 6.54 Å². The van der Waals surface area contributed by atoms with Crippen LogP contribution in [0.1, 0.15) is 30.9 Å². The molecule has 0 spiro atoms. The van der Waals surface area contributed by atoms with E-state index in [1.165, 1.54) is 0 Å². The number of hydrogen-bond acceptors (Lipinski definition) is 2. The van der Waals surface area contributed by atoms with Crippen LogP contribution in [0.25, 0.3) is 0 Å². The van der Waals surface area contributed by atoms with Gasteiger partial charge in [0, 0.05) is 19.0 Å². The highest BCUT2D eigenvalue weighted by Crippen LogP contribution is 2.37. The summed E-state index contributed by atoms with van der Waals surface area (Å²) in [5, 5.41) is 3.27. The van der Waals surface area contributed by atoms with Crippen LogP contribution >= 0.6 is 0 Å². The number of benzene rings is 1. The van der Waals surface area contributed by atoms with Crippen molar-refractivity contribution >= 4 is 0 Å². The first-order chi connectivity index (χ1) is 8.14. The first kappa shape index (κ1) is 12.5. The molecule has 3 N–H and O–H groups in total. The van der Waals surface area contributed by atoms with Crippen LogP contribution in [0.15, 0.2) is 24.3 Å². The first-order valence-electron chi connectivity index (χ1n) is 6.33. The number of rotatable bonds is 3. The fourth-order valence-corrected chi connectivity index (χ4v) is 2.52. The summed E-state index contributed by atoms with van der Waals surface area (Å²) < 4.78 is 14.9. The first-order valence-corrected chi connectivity index (χ1v) is 6.33. The third kappa shape index (κ3) is 2.67. The summed E-state index contributed by atoms with van der Waals surface area (Å²) in [5.74, 6) is 0.0694. The van der Waals surface area contributed by atoms with Crippen molar-refractivity contribution in [1.82, 2.24) is 5.32 Å². The monoisotopic (exact) mass is 236 g/mol. The summed E-state index contributed by atoms with van der Waals surface area (Å²) in [6.07, 6.45) is 2.02. The van der Waals surface area contributed by atoms with Gasteiger partial charge >= 0.3 is 0 Å². The van der Waals surface area contributed by atoms with Crippen molar-refractivity contribution < 1.29 is 4.39 Å². The molecule has 1 aliphatic rings. The lowest BCUT2D eigenvalue weighted by molar-refractivity contribution is 0.0812. The van der Waals surface area contributed by atoms with Crippen molar-refractivity contribution in [3.8, 4) is 0 Å². The molecular formula is C14H21FN2. The standard InChI is InChI=1S/C14H21FN2/c1-14(15,13-3-2-8-17-10-13)12-6-4-11(9-16)5-7-12/h4-7,13,17H,2-3,8-10,16H2,1H3. The van der Waals surface area contributed by atoms with Crippen LogP contribution in [-0.4, -0.2) is 13.1 Å². The Kier molecular flexibility index (Phi) is 3.79. The lowest BCUT2D eigenvalue weighted by Crippen LogP contribution is -2.39. The van der Waals surface area contributed by atoms with Gasteiger partial charge in [0.2, 0.25) is 0 Å². The van der Waals surface area contributed by atoms with Crippen molar-refractivity contribution in [3.05, 3.63) is 35.4 Å². The molecule has 2 atom stereocenters. The molecule has 0 saturated carbocycles. The predicted octanol–water partition coefficient (Wildman–Crippen LogP) is 2.33. The zero-order valence-corrected chi connectivity index (χ0v) is 10.4. The molecule has 3 heteroatoms.